The number of benzene rings is 1. The first-order valence-electron chi connectivity index (χ1n) is 9.38. The molecule has 1 fully saturated rings. The molecule has 7 heteroatoms. The molecule has 1 amide bonds. The van der Waals surface area contributed by atoms with Crippen LogP contribution in [0.2, 0.25) is 0 Å². The molecule has 28 heavy (non-hydrogen) atoms. The van der Waals surface area contributed by atoms with Crippen LogP contribution in [0.1, 0.15) is 42.9 Å². The molecule has 1 saturated heterocycles. The minimum atomic E-state index is -4.42. The molecule has 3 rings (SSSR count). The molecule has 150 valence electrons. The summed E-state index contributed by atoms with van der Waals surface area (Å²) in [5.41, 5.74) is 1.84. The predicted octanol–water partition coefficient (Wildman–Crippen LogP) is 4.16. The first-order valence-corrected chi connectivity index (χ1v) is 9.38. The topological polar surface area (TPSA) is 45.2 Å². The van der Waals surface area contributed by atoms with E-state index in [1.165, 1.54) is 11.8 Å². The van der Waals surface area contributed by atoms with Crippen molar-refractivity contribution < 1.29 is 18.0 Å². The average Bonchev–Trinajstić information content (AvgIpc) is 3.10. The Kier molecular flexibility index (Phi) is 5.91. The molecular formula is C21H24F3N3O. The number of alkyl halides is 3. The number of aromatic nitrogens is 1. The first-order chi connectivity index (χ1) is 13.2. The highest BCUT2D eigenvalue weighted by atomic mass is 19.4. The lowest BCUT2D eigenvalue weighted by atomic mass is 10.0. The molecule has 0 spiro atoms. The van der Waals surface area contributed by atoms with Crippen LogP contribution in [0.3, 0.4) is 0 Å². The molecule has 1 aromatic carbocycles. The number of halogens is 3. The van der Waals surface area contributed by atoms with Gasteiger partial charge in [0.25, 0.3) is 0 Å². The second-order valence-corrected chi connectivity index (χ2v) is 7.50. The van der Waals surface area contributed by atoms with Gasteiger partial charge in [-0.15, -0.1) is 0 Å². The minimum absolute atomic E-state index is 0.0775. The van der Waals surface area contributed by atoms with Gasteiger partial charge in [-0.2, -0.15) is 13.2 Å². The Balaban J connectivity index is 1.55. The van der Waals surface area contributed by atoms with Gasteiger partial charge < -0.3 is 10.2 Å². The lowest BCUT2D eigenvalue weighted by molar-refractivity contribution is -0.137. The number of nitrogens with zero attached hydrogens (tertiary/aromatic N) is 2. The van der Waals surface area contributed by atoms with Crippen LogP contribution >= 0.6 is 0 Å². The van der Waals surface area contributed by atoms with Crippen molar-refractivity contribution in [1.29, 1.82) is 0 Å². The van der Waals surface area contributed by atoms with Gasteiger partial charge in [0, 0.05) is 25.3 Å². The summed E-state index contributed by atoms with van der Waals surface area (Å²) in [7, 11) is 0. The summed E-state index contributed by atoms with van der Waals surface area (Å²) in [5, 5.41) is 2.99. The summed E-state index contributed by atoms with van der Waals surface area (Å²) in [6.45, 7) is 5.29. The molecule has 1 aromatic heterocycles. The zero-order valence-electron chi connectivity index (χ0n) is 16.0. The number of rotatable bonds is 5. The fraction of sp³-hybridized carbons (Fsp3) is 0.429. The molecule has 1 atom stereocenters. The largest absolute Gasteiger partial charge is 0.417 e. The predicted molar refractivity (Wildman–Crippen MR) is 102 cm³/mol. The molecule has 0 aliphatic carbocycles. The van der Waals surface area contributed by atoms with Crippen molar-refractivity contribution in [2.45, 2.75) is 44.8 Å². The molecule has 0 unspecified atom stereocenters. The number of pyridine rings is 1. The lowest BCUT2D eigenvalue weighted by Crippen LogP contribution is -2.38. The third-order valence-electron chi connectivity index (χ3n) is 4.98. The van der Waals surface area contributed by atoms with Crippen LogP contribution in [0.15, 0.2) is 42.7 Å². The highest BCUT2D eigenvalue weighted by molar-refractivity contribution is 5.79. The Morgan fingerprint density at radius 1 is 1.25 bits per heavy atom. The van der Waals surface area contributed by atoms with E-state index >= 15 is 0 Å². The van der Waals surface area contributed by atoms with Gasteiger partial charge >= 0.3 is 6.18 Å². The number of carbonyl (C=O) groups excluding carboxylic acids is 1. The summed E-state index contributed by atoms with van der Waals surface area (Å²) < 4.78 is 38.6. The van der Waals surface area contributed by atoms with Crippen molar-refractivity contribution in [1.82, 2.24) is 10.3 Å². The van der Waals surface area contributed by atoms with Crippen LogP contribution in [0.25, 0.3) is 0 Å². The maximum Gasteiger partial charge on any atom is 0.417 e. The number of hydrogen-bond acceptors (Lipinski definition) is 3. The lowest BCUT2D eigenvalue weighted by Gasteiger charge is -2.20. The van der Waals surface area contributed by atoms with E-state index in [0.29, 0.717) is 37.5 Å². The summed E-state index contributed by atoms with van der Waals surface area (Å²) in [5.74, 6) is 0.365. The van der Waals surface area contributed by atoms with Crippen LogP contribution < -0.4 is 10.2 Å². The quantitative estimate of drug-likeness (QED) is 0.832. The Morgan fingerprint density at radius 3 is 2.61 bits per heavy atom. The van der Waals surface area contributed by atoms with E-state index in [1.807, 2.05) is 29.2 Å². The number of amides is 1. The monoisotopic (exact) mass is 391 g/mol. The van der Waals surface area contributed by atoms with Gasteiger partial charge in [-0.3, -0.25) is 9.78 Å². The Morgan fingerprint density at radius 2 is 1.96 bits per heavy atom. The van der Waals surface area contributed by atoms with E-state index in [-0.39, 0.29) is 11.9 Å². The highest BCUT2D eigenvalue weighted by Gasteiger charge is 2.32. The normalized spacial score (nSPS) is 17.2. The molecule has 0 radical (unpaired) electrons. The third kappa shape index (κ3) is 5.03. The van der Waals surface area contributed by atoms with E-state index in [2.05, 4.69) is 24.1 Å². The Bertz CT molecular complexity index is 818. The van der Waals surface area contributed by atoms with Gasteiger partial charge in [-0.25, -0.2) is 0 Å². The summed E-state index contributed by atoms with van der Waals surface area (Å²) in [4.78, 5) is 17.9. The molecule has 0 saturated carbocycles. The van der Waals surface area contributed by atoms with Crippen molar-refractivity contribution in [3.05, 3.63) is 59.4 Å². The van der Waals surface area contributed by atoms with Crippen LogP contribution in [0.4, 0.5) is 18.9 Å². The van der Waals surface area contributed by atoms with Crippen LogP contribution in [0, 0.1) is 0 Å². The zero-order valence-corrected chi connectivity index (χ0v) is 16.0. The van der Waals surface area contributed by atoms with Gasteiger partial charge in [0.1, 0.15) is 0 Å². The van der Waals surface area contributed by atoms with Gasteiger partial charge in [0.2, 0.25) is 5.91 Å². The maximum absolute atomic E-state index is 12.9. The number of nitrogens with one attached hydrogen (secondary N) is 1. The highest BCUT2D eigenvalue weighted by Crippen LogP contribution is 2.31. The Labute approximate surface area is 162 Å². The third-order valence-corrected chi connectivity index (χ3v) is 4.98. The number of carbonyl (C=O) groups is 1. The fourth-order valence-corrected chi connectivity index (χ4v) is 3.35. The van der Waals surface area contributed by atoms with E-state index in [4.69, 9.17) is 0 Å². The van der Waals surface area contributed by atoms with Crippen LogP contribution in [-0.2, 0) is 17.4 Å². The van der Waals surface area contributed by atoms with Gasteiger partial charge in [-0.1, -0.05) is 38.1 Å². The first kappa shape index (κ1) is 20.2. The molecule has 1 aliphatic rings. The van der Waals surface area contributed by atoms with E-state index in [0.717, 1.165) is 17.8 Å². The molecule has 1 aliphatic heterocycles. The molecular weight excluding hydrogens is 367 g/mol. The van der Waals surface area contributed by atoms with E-state index < -0.39 is 11.7 Å². The fourth-order valence-electron chi connectivity index (χ4n) is 3.35. The summed E-state index contributed by atoms with van der Waals surface area (Å²) in [6, 6.07) is 9.01. The number of anilines is 1. The standard InChI is InChI=1S/C21H24F3N3O/c1-14(2)16-5-3-15(4-6-16)9-20(28)26-18-7-8-27(13-18)19-10-17(11-25-12-19)21(22,23)24/h3-6,10-12,14,18H,7-9,13H2,1-2H3,(H,26,28)/t18-/m1/s1. The van der Waals surface area contributed by atoms with E-state index in [1.54, 1.807) is 0 Å². The van der Waals surface area contributed by atoms with Crippen molar-refractivity contribution in [2.75, 3.05) is 18.0 Å². The van der Waals surface area contributed by atoms with Crippen molar-refractivity contribution >= 4 is 11.6 Å². The van der Waals surface area contributed by atoms with Crippen molar-refractivity contribution in [3.63, 3.8) is 0 Å². The van der Waals surface area contributed by atoms with Crippen LogP contribution in [0.5, 0.6) is 0 Å². The van der Waals surface area contributed by atoms with Crippen LogP contribution in [-0.4, -0.2) is 30.0 Å². The molecule has 4 nitrogen and oxygen atoms in total. The second kappa shape index (κ2) is 8.20. The SMILES string of the molecule is CC(C)c1ccc(CC(=O)N[C@@H]2CCN(c3cncc(C(F)(F)F)c3)C2)cc1. The van der Waals surface area contributed by atoms with Crippen molar-refractivity contribution in [2.24, 2.45) is 0 Å². The smallest absolute Gasteiger partial charge is 0.368 e. The molecule has 0 bridgehead atoms. The Hall–Kier alpha value is -2.57. The van der Waals surface area contributed by atoms with Crippen molar-refractivity contribution in [3.8, 4) is 0 Å². The average molecular weight is 391 g/mol. The zero-order chi connectivity index (χ0) is 20.3. The van der Waals surface area contributed by atoms with Gasteiger partial charge in [0.05, 0.1) is 23.9 Å². The molecule has 1 N–H and O–H groups in total. The maximum atomic E-state index is 12.9. The minimum Gasteiger partial charge on any atom is -0.368 e. The molecule has 2 heterocycles. The second-order valence-electron chi connectivity index (χ2n) is 7.50. The van der Waals surface area contributed by atoms with Gasteiger partial charge in [0.15, 0.2) is 0 Å². The summed E-state index contributed by atoms with van der Waals surface area (Å²) >= 11 is 0. The number of hydrogen-bond donors (Lipinski definition) is 1. The summed E-state index contributed by atoms with van der Waals surface area (Å²) in [6.07, 6.45) is -1.19. The van der Waals surface area contributed by atoms with E-state index in [9.17, 15) is 18.0 Å². The van der Waals surface area contributed by atoms with Gasteiger partial charge in [-0.05, 0) is 29.5 Å². The molecule has 2 aromatic rings.